The first-order valence-corrected chi connectivity index (χ1v) is 5.12. The number of aryl methyl sites for hydroxylation is 1. The van der Waals surface area contributed by atoms with Crippen molar-refractivity contribution in [2.75, 3.05) is 13.2 Å². The van der Waals surface area contributed by atoms with Gasteiger partial charge in [-0.05, 0) is 44.2 Å². The molecular weight excluding hydrogens is 190 g/mol. The molecule has 0 aliphatic rings. The highest BCUT2D eigenvalue weighted by Gasteiger charge is 2.01. The SMILES string of the molecule is Cc1cc2cc(OCCCN)ccc2o1. The Balaban J connectivity index is 2.15. The standard InChI is InChI=1S/C12H15NO2/c1-9-7-10-8-11(14-6-2-5-13)3-4-12(10)15-9/h3-4,7-8H,2,5-6,13H2,1H3. The molecule has 80 valence electrons. The molecule has 2 rings (SSSR count). The van der Waals surface area contributed by atoms with E-state index in [9.17, 15) is 0 Å². The molecule has 0 radical (unpaired) electrons. The van der Waals surface area contributed by atoms with Gasteiger partial charge in [-0.3, -0.25) is 0 Å². The van der Waals surface area contributed by atoms with E-state index >= 15 is 0 Å². The Morgan fingerprint density at radius 1 is 1.33 bits per heavy atom. The normalized spacial score (nSPS) is 10.8. The predicted octanol–water partition coefficient (Wildman–Crippen LogP) is 2.47. The van der Waals surface area contributed by atoms with Crippen LogP contribution in [0, 0.1) is 6.92 Å². The van der Waals surface area contributed by atoms with E-state index in [4.69, 9.17) is 14.9 Å². The zero-order valence-corrected chi connectivity index (χ0v) is 8.82. The highest BCUT2D eigenvalue weighted by atomic mass is 16.5. The van der Waals surface area contributed by atoms with Crippen molar-refractivity contribution in [2.24, 2.45) is 5.73 Å². The van der Waals surface area contributed by atoms with E-state index in [0.717, 1.165) is 28.9 Å². The maximum atomic E-state index is 5.54. The van der Waals surface area contributed by atoms with Crippen LogP contribution in [0.2, 0.25) is 0 Å². The molecule has 2 N–H and O–H groups in total. The van der Waals surface area contributed by atoms with E-state index in [1.807, 2.05) is 31.2 Å². The number of hydrogen-bond donors (Lipinski definition) is 1. The van der Waals surface area contributed by atoms with Crippen LogP contribution < -0.4 is 10.5 Å². The van der Waals surface area contributed by atoms with Gasteiger partial charge in [0.15, 0.2) is 0 Å². The van der Waals surface area contributed by atoms with Gasteiger partial charge >= 0.3 is 0 Å². The molecule has 0 atom stereocenters. The van der Waals surface area contributed by atoms with E-state index < -0.39 is 0 Å². The fourth-order valence-electron chi connectivity index (χ4n) is 1.52. The summed E-state index contributed by atoms with van der Waals surface area (Å²) in [6, 6.07) is 7.84. The van der Waals surface area contributed by atoms with Crippen LogP contribution in [0.3, 0.4) is 0 Å². The van der Waals surface area contributed by atoms with E-state index in [2.05, 4.69) is 0 Å². The largest absolute Gasteiger partial charge is 0.494 e. The Kier molecular flexibility index (Phi) is 2.92. The second-order valence-corrected chi connectivity index (χ2v) is 3.55. The monoisotopic (exact) mass is 205 g/mol. The lowest BCUT2D eigenvalue weighted by atomic mass is 10.2. The van der Waals surface area contributed by atoms with Gasteiger partial charge in [0, 0.05) is 5.39 Å². The third-order valence-corrected chi connectivity index (χ3v) is 2.23. The number of ether oxygens (including phenoxy) is 1. The molecule has 0 aliphatic carbocycles. The van der Waals surface area contributed by atoms with Gasteiger partial charge in [-0.2, -0.15) is 0 Å². The topological polar surface area (TPSA) is 48.4 Å². The van der Waals surface area contributed by atoms with Crippen molar-refractivity contribution in [3.8, 4) is 5.75 Å². The highest BCUT2D eigenvalue weighted by Crippen LogP contribution is 2.23. The van der Waals surface area contributed by atoms with Gasteiger partial charge in [-0.15, -0.1) is 0 Å². The first-order chi connectivity index (χ1) is 7.29. The van der Waals surface area contributed by atoms with E-state index in [-0.39, 0.29) is 0 Å². The molecule has 0 amide bonds. The average molecular weight is 205 g/mol. The zero-order valence-electron chi connectivity index (χ0n) is 8.82. The van der Waals surface area contributed by atoms with E-state index in [0.29, 0.717) is 13.2 Å². The maximum absolute atomic E-state index is 5.54. The van der Waals surface area contributed by atoms with Crippen LogP contribution in [-0.2, 0) is 0 Å². The van der Waals surface area contributed by atoms with Crippen molar-refractivity contribution in [1.29, 1.82) is 0 Å². The molecule has 0 fully saturated rings. The van der Waals surface area contributed by atoms with Crippen LogP contribution in [0.4, 0.5) is 0 Å². The third kappa shape index (κ3) is 2.30. The van der Waals surface area contributed by atoms with Crippen molar-refractivity contribution >= 4 is 11.0 Å². The molecule has 0 bridgehead atoms. The number of nitrogens with two attached hydrogens (primary N) is 1. The van der Waals surface area contributed by atoms with Crippen LogP contribution >= 0.6 is 0 Å². The number of hydrogen-bond acceptors (Lipinski definition) is 3. The summed E-state index contributed by atoms with van der Waals surface area (Å²) in [5, 5.41) is 1.08. The van der Waals surface area contributed by atoms with Gasteiger partial charge in [0.25, 0.3) is 0 Å². The van der Waals surface area contributed by atoms with Gasteiger partial charge < -0.3 is 14.9 Å². The highest BCUT2D eigenvalue weighted by molar-refractivity contribution is 5.79. The molecule has 1 aromatic carbocycles. The Bertz CT molecular complexity index is 448. The first-order valence-electron chi connectivity index (χ1n) is 5.12. The molecule has 0 aliphatic heterocycles. The average Bonchev–Trinajstić information content (AvgIpc) is 2.57. The summed E-state index contributed by atoms with van der Waals surface area (Å²) in [4.78, 5) is 0. The molecule has 0 saturated carbocycles. The quantitative estimate of drug-likeness (QED) is 0.780. The fourth-order valence-corrected chi connectivity index (χ4v) is 1.52. The van der Waals surface area contributed by atoms with Crippen molar-refractivity contribution in [2.45, 2.75) is 13.3 Å². The second kappa shape index (κ2) is 4.36. The van der Waals surface area contributed by atoms with Crippen molar-refractivity contribution in [1.82, 2.24) is 0 Å². The Morgan fingerprint density at radius 2 is 2.20 bits per heavy atom. The third-order valence-electron chi connectivity index (χ3n) is 2.23. The smallest absolute Gasteiger partial charge is 0.134 e. The summed E-state index contributed by atoms with van der Waals surface area (Å²) in [6.45, 7) is 3.26. The van der Waals surface area contributed by atoms with Crippen molar-refractivity contribution < 1.29 is 9.15 Å². The summed E-state index contributed by atoms with van der Waals surface area (Å²) >= 11 is 0. The predicted molar refractivity (Wildman–Crippen MR) is 60.1 cm³/mol. The minimum Gasteiger partial charge on any atom is -0.494 e. The molecule has 0 saturated heterocycles. The van der Waals surface area contributed by atoms with Gasteiger partial charge in [-0.25, -0.2) is 0 Å². The van der Waals surface area contributed by atoms with Gasteiger partial charge in [0.2, 0.25) is 0 Å². The first kappa shape index (κ1) is 10.1. The minimum absolute atomic E-state index is 0.660. The van der Waals surface area contributed by atoms with Crippen LogP contribution in [0.1, 0.15) is 12.2 Å². The zero-order chi connectivity index (χ0) is 10.7. The number of rotatable bonds is 4. The molecule has 2 aromatic rings. The number of fused-ring (bicyclic) bond motifs is 1. The Morgan fingerprint density at radius 3 is 3.00 bits per heavy atom. The molecule has 0 unspecified atom stereocenters. The summed E-state index contributed by atoms with van der Waals surface area (Å²) in [6.07, 6.45) is 0.877. The van der Waals surface area contributed by atoms with Gasteiger partial charge in [-0.1, -0.05) is 0 Å². The molecule has 1 aromatic heterocycles. The van der Waals surface area contributed by atoms with Gasteiger partial charge in [0.05, 0.1) is 6.61 Å². The number of furan rings is 1. The van der Waals surface area contributed by atoms with Crippen LogP contribution in [-0.4, -0.2) is 13.2 Å². The van der Waals surface area contributed by atoms with Crippen LogP contribution in [0.25, 0.3) is 11.0 Å². The minimum atomic E-state index is 0.660. The summed E-state index contributed by atoms with van der Waals surface area (Å²) in [7, 11) is 0. The molecular formula is C12H15NO2. The molecule has 3 nitrogen and oxygen atoms in total. The molecule has 0 spiro atoms. The summed E-state index contributed by atoms with van der Waals surface area (Å²) in [5.74, 6) is 1.79. The van der Waals surface area contributed by atoms with Gasteiger partial charge in [0.1, 0.15) is 17.1 Å². The van der Waals surface area contributed by atoms with Crippen LogP contribution in [0.5, 0.6) is 5.75 Å². The summed E-state index contributed by atoms with van der Waals surface area (Å²) < 4.78 is 11.0. The van der Waals surface area contributed by atoms with Crippen LogP contribution in [0.15, 0.2) is 28.7 Å². The fraction of sp³-hybridized carbons (Fsp3) is 0.333. The van der Waals surface area contributed by atoms with Crippen molar-refractivity contribution in [3.63, 3.8) is 0 Å². The van der Waals surface area contributed by atoms with E-state index in [1.54, 1.807) is 0 Å². The Labute approximate surface area is 88.8 Å². The number of benzene rings is 1. The lowest BCUT2D eigenvalue weighted by molar-refractivity contribution is 0.314. The lowest BCUT2D eigenvalue weighted by Crippen LogP contribution is -2.05. The Hall–Kier alpha value is -1.48. The van der Waals surface area contributed by atoms with E-state index in [1.165, 1.54) is 0 Å². The summed E-state index contributed by atoms with van der Waals surface area (Å²) in [5.41, 5.74) is 6.29. The lowest BCUT2D eigenvalue weighted by Gasteiger charge is -2.04. The molecule has 1 heterocycles. The molecule has 3 heteroatoms. The maximum Gasteiger partial charge on any atom is 0.134 e. The molecule has 15 heavy (non-hydrogen) atoms. The second-order valence-electron chi connectivity index (χ2n) is 3.55. The van der Waals surface area contributed by atoms with Crippen molar-refractivity contribution in [3.05, 3.63) is 30.0 Å².